The second-order valence-electron chi connectivity index (χ2n) is 4.83. The monoisotopic (exact) mass is 227 g/mol. The molecule has 0 aromatic rings. The van der Waals surface area contributed by atoms with Crippen LogP contribution < -0.4 is 5.32 Å². The molecule has 0 amide bonds. The number of Topliss-reactive ketones (excluding diaryl/α,β-unsaturated/α-hetero) is 1. The molecule has 2 rings (SSSR count). The predicted molar refractivity (Wildman–Crippen MR) is 60.4 cm³/mol. The first-order valence-electron chi connectivity index (χ1n) is 6.15. The molecule has 2 saturated heterocycles. The number of hydrogen-bond donors (Lipinski definition) is 1. The lowest BCUT2D eigenvalue weighted by Gasteiger charge is -2.42. The number of ketones is 1. The van der Waals surface area contributed by atoms with E-state index in [4.69, 9.17) is 9.47 Å². The van der Waals surface area contributed by atoms with Crippen LogP contribution in [0.3, 0.4) is 0 Å². The van der Waals surface area contributed by atoms with E-state index in [9.17, 15) is 4.79 Å². The van der Waals surface area contributed by atoms with Gasteiger partial charge in [-0.25, -0.2) is 0 Å². The molecule has 0 radical (unpaired) electrons. The van der Waals surface area contributed by atoms with Gasteiger partial charge in [-0.05, 0) is 32.7 Å². The third kappa shape index (κ3) is 2.62. The number of carbonyl (C=O) groups is 1. The fourth-order valence-electron chi connectivity index (χ4n) is 2.71. The Balaban J connectivity index is 1.94. The molecule has 92 valence electrons. The molecule has 0 aromatic carbocycles. The van der Waals surface area contributed by atoms with E-state index in [2.05, 4.69) is 5.32 Å². The van der Waals surface area contributed by atoms with Crippen molar-refractivity contribution in [3.05, 3.63) is 0 Å². The Morgan fingerprint density at radius 3 is 2.81 bits per heavy atom. The largest absolute Gasteiger partial charge is 0.381 e. The summed E-state index contributed by atoms with van der Waals surface area (Å²) in [5.74, 6) is 0.510. The molecule has 16 heavy (non-hydrogen) atoms. The van der Waals surface area contributed by atoms with Gasteiger partial charge in [0.05, 0.1) is 12.1 Å². The van der Waals surface area contributed by atoms with Crippen LogP contribution in [0.4, 0.5) is 0 Å². The maximum Gasteiger partial charge on any atom is 0.149 e. The molecule has 2 heterocycles. The van der Waals surface area contributed by atoms with Gasteiger partial charge < -0.3 is 14.8 Å². The Labute approximate surface area is 96.7 Å². The van der Waals surface area contributed by atoms with Gasteiger partial charge in [-0.3, -0.25) is 4.79 Å². The van der Waals surface area contributed by atoms with Gasteiger partial charge in [-0.2, -0.15) is 0 Å². The van der Waals surface area contributed by atoms with Crippen molar-refractivity contribution in [1.82, 2.24) is 5.32 Å². The molecule has 1 atom stereocenters. The van der Waals surface area contributed by atoms with E-state index in [0.717, 1.165) is 45.5 Å². The summed E-state index contributed by atoms with van der Waals surface area (Å²) in [4.78, 5) is 11.9. The van der Waals surface area contributed by atoms with Gasteiger partial charge in [0.1, 0.15) is 5.78 Å². The van der Waals surface area contributed by atoms with Crippen LogP contribution in [0.25, 0.3) is 0 Å². The Hall–Kier alpha value is -0.450. The van der Waals surface area contributed by atoms with E-state index in [1.807, 2.05) is 7.05 Å². The summed E-state index contributed by atoms with van der Waals surface area (Å²) in [6.07, 6.45) is 3.65. The number of hydrogen-bond acceptors (Lipinski definition) is 4. The van der Waals surface area contributed by atoms with Gasteiger partial charge in [0.25, 0.3) is 0 Å². The van der Waals surface area contributed by atoms with Gasteiger partial charge in [0, 0.05) is 25.7 Å². The first kappa shape index (κ1) is 12.0. The molecule has 4 nitrogen and oxygen atoms in total. The van der Waals surface area contributed by atoms with Crippen LogP contribution in [-0.4, -0.2) is 44.8 Å². The molecule has 0 bridgehead atoms. The second kappa shape index (κ2) is 5.25. The molecular weight excluding hydrogens is 206 g/mol. The quantitative estimate of drug-likeness (QED) is 0.773. The molecule has 1 N–H and O–H groups in total. The van der Waals surface area contributed by atoms with Gasteiger partial charge >= 0.3 is 0 Å². The lowest BCUT2D eigenvalue weighted by molar-refractivity contribution is -0.156. The Bertz CT molecular complexity index is 243. The van der Waals surface area contributed by atoms with E-state index in [1.54, 1.807) is 0 Å². The van der Waals surface area contributed by atoms with Crippen molar-refractivity contribution < 1.29 is 14.3 Å². The summed E-state index contributed by atoms with van der Waals surface area (Å²) in [6.45, 7) is 2.75. The highest BCUT2D eigenvalue weighted by Gasteiger charge is 2.40. The van der Waals surface area contributed by atoms with Gasteiger partial charge in [0.15, 0.2) is 0 Å². The lowest BCUT2D eigenvalue weighted by Crippen LogP contribution is -2.46. The molecule has 0 aliphatic carbocycles. The van der Waals surface area contributed by atoms with Crippen molar-refractivity contribution in [2.75, 3.05) is 33.4 Å². The van der Waals surface area contributed by atoms with E-state index in [-0.39, 0.29) is 11.5 Å². The smallest absolute Gasteiger partial charge is 0.149 e. The number of rotatable bonds is 3. The SMILES string of the molecule is CNCC(=O)C1CCOC2(CCOCC2)C1. The van der Waals surface area contributed by atoms with Crippen LogP contribution in [0.1, 0.15) is 25.7 Å². The minimum Gasteiger partial charge on any atom is -0.381 e. The van der Waals surface area contributed by atoms with Crippen molar-refractivity contribution in [2.24, 2.45) is 5.92 Å². The zero-order valence-corrected chi connectivity index (χ0v) is 9.96. The van der Waals surface area contributed by atoms with Crippen molar-refractivity contribution >= 4 is 5.78 Å². The zero-order valence-electron chi connectivity index (χ0n) is 9.96. The molecular formula is C12H21NO3. The van der Waals surface area contributed by atoms with Crippen LogP contribution in [-0.2, 0) is 14.3 Å². The fourth-order valence-corrected chi connectivity index (χ4v) is 2.71. The van der Waals surface area contributed by atoms with Crippen molar-refractivity contribution in [2.45, 2.75) is 31.3 Å². The van der Waals surface area contributed by atoms with Gasteiger partial charge in [0.2, 0.25) is 0 Å². The highest BCUT2D eigenvalue weighted by Crippen LogP contribution is 2.37. The van der Waals surface area contributed by atoms with Crippen molar-refractivity contribution in [3.8, 4) is 0 Å². The average molecular weight is 227 g/mol. The van der Waals surface area contributed by atoms with Gasteiger partial charge in [-0.15, -0.1) is 0 Å². The summed E-state index contributed by atoms with van der Waals surface area (Å²) in [5, 5.41) is 2.94. The van der Waals surface area contributed by atoms with Crippen LogP contribution in [0.15, 0.2) is 0 Å². The number of carbonyl (C=O) groups excluding carboxylic acids is 1. The van der Waals surface area contributed by atoms with E-state index < -0.39 is 0 Å². The van der Waals surface area contributed by atoms with Crippen LogP contribution >= 0.6 is 0 Å². The number of ether oxygens (including phenoxy) is 2. The molecule has 1 spiro atoms. The van der Waals surface area contributed by atoms with Crippen molar-refractivity contribution in [1.29, 1.82) is 0 Å². The van der Waals surface area contributed by atoms with Crippen LogP contribution in [0.5, 0.6) is 0 Å². The lowest BCUT2D eigenvalue weighted by atomic mass is 9.79. The van der Waals surface area contributed by atoms with E-state index in [1.165, 1.54) is 0 Å². The highest BCUT2D eigenvalue weighted by molar-refractivity contribution is 5.83. The minimum atomic E-state index is -0.0649. The summed E-state index contributed by atoms with van der Waals surface area (Å²) in [6, 6.07) is 0. The number of likely N-dealkylation sites (N-methyl/N-ethyl adjacent to an activating group) is 1. The summed E-state index contributed by atoms with van der Waals surface area (Å²) in [5.41, 5.74) is -0.0649. The molecule has 0 aromatic heterocycles. The minimum absolute atomic E-state index is 0.0649. The van der Waals surface area contributed by atoms with E-state index >= 15 is 0 Å². The first-order valence-corrected chi connectivity index (χ1v) is 6.15. The fraction of sp³-hybridized carbons (Fsp3) is 0.917. The standard InChI is InChI=1S/C12H21NO3/c1-13-9-11(14)10-2-5-16-12(8-10)3-6-15-7-4-12/h10,13H,2-9H2,1H3. The maximum absolute atomic E-state index is 11.9. The topological polar surface area (TPSA) is 47.6 Å². The molecule has 4 heteroatoms. The summed E-state index contributed by atoms with van der Waals surface area (Å²) >= 11 is 0. The van der Waals surface area contributed by atoms with Crippen LogP contribution in [0, 0.1) is 5.92 Å². The van der Waals surface area contributed by atoms with Gasteiger partial charge in [-0.1, -0.05) is 0 Å². The highest BCUT2D eigenvalue weighted by atomic mass is 16.5. The van der Waals surface area contributed by atoms with Crippen LogP contribution in [0.2, 0.25) is 0 Å². The molecule has 0 saturated carbocycles. The second-order valence-corrected chi connectivity index (χ2v) is 4.83. The molecule has 2 aliphatic heterocycles. The van der Waals surface area contributed by atoms with Crippen molar-refractivity contribution in [3.63, 3.8) is 0 Å². The Kier molecular flexibility index (Phi) is 3.95. The van der Waals surface area contributed by atoms with E-state index in [0.29, 0.717) is 12.3 Å². The predicted octanol–water partition coefficient (Wildman–Crippen LogP) is 0.751. The summed E-state index contributed by atoms with van der Waals surface area (Å²) < 4.78 is 11.3. The average Bonchev–Trinajstić information content (AvgIpc) is 2.30. The zero-order chi connectivity index (χ0) is 11.4. The number of nitrogens with one attached hydrogen (secondary N) is 1. The Morgan fingerprint density at radius 1 is 1.38 bits per heavy atom. The maximum atomic E-state index is 11.9. The normalized spacial score (nSPS) is 29.2. The first-order chi connectivity index (χ1) is 7.76. The third-order valence-corrected chi connectivity index (χ3v) is 3.70. The third-order valence-electron chi connectivity index (χ3n) is 3.70. The molecule has 2 fully saturated rings. The molecule has 1 unspecified atom stereocenters. The molecule has 2 aliphatic rings. The summed E-state index contributed by atoms with van der Waals surface area (Å²) in [7, 11) is 1.82. The Morgan fingerprint density at radius 2 is 2.12 bits per heavy atom.